The minimum absolute atomic E-state index is 0.569. The van der Waals surface area contributed by atoms with E-state index in [9.17, 15) is 0 Å². The average Bonchev–Trinajstić information content (AvgIpc) is 2.51. The Bertz CT molecular complexity index is 281. The summed E-state index contributed by atoms with van der Waals surface area (Å²) in [5.74, 6) is 0.862. The largest absolute Gasteiger partial charge is 0.337 e. The molecule has 0 saturated carbocycles. The van der Waals surface area contributed by atoms with E-state index < -0.39 is 0 Å². The predicted molar refractivity (Wildman–Crippen MR) is 45.5 cm³/mol. The molecule has 0 unspecified atom stereocenters. The third-order valence-electron chi connectivity index (χ3n) is 1.96. The monoisotopic (exact) mass is 163 g/mol. The van der Waals surface area contributed by atoms with Crippen LogP contribution in [0.1, 0.15) is 17.5 Å². The number of rotatable bonds is 2. The van der Waals surface area contributed by atoms with Crippen molar-refractivity contribution in [1.82, 2.24) is 0 Å². The lowest BCUT2D eigenvalue weighted by Crippen LogP contribution is -1.85. The van der Waals surface area contributed by atoms with E-state index in [0.717, 1.165) is 24.2 Å². The van der Waals surface area contributed by atoms with Gasteiger partial charge in [0.25, 0.3) is 0 Å². The molecule has 0 atom stereocenters. The zero-order valence-electron chi connectivity index (χ0n) is 6.88. The zero-order valence-corrected chi connectivity index (χ0v) is 6.88. The van der Waals surface area contributed by atoms with E-state index in [2.05, 4.69) is 13.0 Å². The summed E-state index contributed by atoms with van der Waals surface area (Å²) in [5.41, 5.74) is 2.39. The van der Waals surface area contributed by atoms with Crippen molar-refractivity contribution in [2.75, 3.05) is 0 Å². The van der Waals surface area contributed by atoms with Crippen molar-refractivity contribution in [3.05, 3.63) is 36.2 Å². The molecule has 0 bridgehead atoms. The summed E-state index contributed by atoms with van der Waals surface area (Å²) in [6.07, 6.45) is 1.91. The second-order valence-electron chi connectivity index (χ2n) is 2.89. The van der Waals surface area contributed by atoms with Gasteiger partial charge < -0.3 is 4.89 Å². The van der Waals surface area contributed by atoms with Gasteiger partial charge >= 0.3 is 0 Å². The van der Waals surface area contributed by atoms with E-state index in [1.807, 2.05) is 12.1 Å². The Morgan fingerprint density at radius 1 is 1.42 bits per heavy atom. The van der Waals surface area contributed by atoms with E-state index in [1.165, 1.54) is 5.56 Å². The van der Waals surface area contributed by atoms with Crippen molar-refractivity contribution >= 4 is 0 Å². The number of aryl methyl sites for hydroxylation is 1. The summed E-state index contributed by atoms with van der Waals surface area (Å²) in [6.45, 7) is 4.37. The van der Waals surface area contributed by atoms with Crippen molar-refractivity contribution in [2.45, 2.75) is 19.4 Å². The first kappa shape index (κ1) is 7.62. The lowest BCUT2D eigenvalue weighted by Gasteiger charge is -1.99. The molecule has 1 aliphatic heterocycles. The maximum absolute atomic E-state index is 4.97. The average molecular weight is 163 g/mol. The molecule has 1 aliphatic rings. The Kier molecular flexibility index (Phi) is 2.00. The van der Waals surface area contributed by atoms with Crippen LogP contribution in [0.5, 0.6) is 5.75 Å². The second kappa shape index (κ2) is 3.15. The van der Waals surface area contributed by atoms with Crippen LogP contribution in [-0.2, 0) is 17.9 Å². The quantitative estimate of drug-likeness (QED) is 0.623. The normalized spacial score (nSPS) is 14.1. The van der Waals surface area contributed by atoms with Gasteiger partial charge in [-0.05, 0) is 24.5 Å². The van der Waals surface area contributed by atoms with Gasteiger partial charge in [0.2, 0.25) is 0 Å². The van der Waals surface area contributed by atoms with Crippen LogP contribution in [0, 0.1) is 6.92 Å². The number of hydrogen-bond acceptors (Lipinski definition) is 2. The van der Waals surface area contributed by atoms with Crippen molar-refractivity contribution in [2.24, 2.45) is 0 Å². The highest BCUT2D eigenvalue weighted by molar-refractivity contribution is 5.38. The highest BCUT2D eigenvalue weighted by Crippen LogP contribution is 2.27. The molecule has 2 heteroatoms. The summed E-state index contributed by atoms with van der Waals surface area (Å²) in [6, 6.07) is 6.17. The third kappa shape index (κ3) is 1.30. The molecule has 1 heterocycles. The highest BCUT2D eigenvalue weighted by atomic mass is 17.2. The first-order valence-electron chi connectivity index (χ1n) is 4.10. The van der Waals surface area contributed by atoms with Crippen LogP contribution in [0.25, 0.3) is 0 Å². The standard InChI is InChI=1S/C10H11O2/c1-2-3-8-4-5-9-7-11-12-10(9)6-8/h4-6H,1-3,7H2. The number of fused-ring (bicyclic) bond motifs is 1. The molecule has 0 aromatic heterocycles. The Balaban J connectivity index is 2.26. The van der Waals surface area contributed by atoms with Crippen LogP contribution in [0.2, 0.25) is 0 Å². The van der Waals surface area contributed by atoms with Crippen LogP contribution >= 0.6 is 0 Å². The lowest BCUT2D eigenvalue weighted by atomic mass is 10.1. The minimum Gasteiger partial charge on any atom is -0.337 e. The van der Waals surface area contributed by atoms with Gasteiger partial charge in [0.05, 0.1) is 0 Å². The molecule has 1 aromatic carbocycles. The van der Waals surface area contributed by atoms with Gasteiger partial charge in [-0.3, -0.25) is 0 Å². The molecular weight excluding hydrogens is 152 g/mol. The van der Waals surface area contributed by atoms with Gasteiger partial charge in [-0.15, -0.1) is 0 Å². The van der Waals surface area contributed by atoms with Crippen LogP contribution in [0.3, 0.4) is 0 Å². The summed E-state index contributed by atoms with van der Waals surface area (Å²) in [7, 11) is 0. The molecule has 0 spiro atoms. The highest BCUT2D eigenvalue weighted by Gasteiger charge is 2.13. The van der Waals surface area contributed by atoms with Crippen molar-refractivity contribution in [3.8, 4) is 5.75 Å². The molecule has 63 valence electrons. The van der Waals surface area contributed by atoms with Gasteiger partial charge in [-0.1, -0.05) is 19.1 Å². The minimum atomic E-state index is 0.569. The Morgan fingerprint density at radius 2 is 2.33 bits per heavy atom. The Labute approximate surface area is 72.0 Å². The molecule has 0 amide bonds. The van der Waals surface area contributed by atoms with E-state index in [0.29, 0.717) is 6.61 Å². The van der Waals surface area contributed by atoms with E-state index in [4.69, 9.17) is 9.78 Å². The van der Waals surface area contributed by atoms with Gasteiger partial charge in [-0.2, -0.15) is 4.89 Å². The maximum Gasteiger partial charge on any atom is 0.171 e. The topological polar surface area (TPSA) is 18.5 Å². The van der Waals surface area contributed by atoms with Crippen molar-refractivity contribution in [3.63, 3.8) is 0 Å². The predicted octanol–water partition coefficient (Wildman–Crippen LogP) is 2.28. The van der Waals surface area contributed by atoms with Gasteiger partial charge in [0.15, 0.2) is 5.75 Å². The van der Waals surface area contributed by atoms with Crippen LogP contribution in [-0.4, -0.2) is 0 Å². The fraction of sp³-hybridized carbons (Fsp3) is 0.300. The summed E-state index contributed by atoms with van der Waals surface area (Å²) in [4.78, 5) is 9.80. The van der Waals surface area contributed by atoms with Gasteiger partial charge in [-0.25, -0.2) is 0 Å². The van der Waals surface area contributed by atoms with Crippen molar-refractivity contribution in [1.29, 1.82) is 0 Å². The van der Waals surface area contributed by atoms with Crippen molar-refractivity contribution < 1.29 is 9.78 Å². The molecule has 1 aromatic rings. The number of hydrogen-bond donors (Lipinski definition) is 0. The lowest BCUT2D eigenvalue weighted by molar-refractivity contribution is -0.194. The fourth-order valence-corrected chi connectivity index (χ4v) is 1.31. The van der Waals surface area contributed by atoms with Crippen LogP contribution in [0.15, 0.2) is 18.2 Å². The van der Waals surface area contributed by atoms with E-state index in [1.54, 1.807) is 0 Å². The first-order valence-corrected chi connectivity index (χ1v) is 4.10. The first-order chi connectivity index (χ1) is 5.90. The second-order valence-corrected chi connectivity index (χ2v) is 2.89. The van der Waals surface area contributed by atoms with Gasteiger partial charge in [0, 0.05) is 5.56 Å². The molecule has 0 N–H and O–H groups in total. The molecule has 0 aliphatic carbocycles. The molecular formula is C10H11O2. The van der Waals surface area contributed by atoms with Crippen LogP contribution < -0.4 is 4.89 Å². The number of benzene rings is 1. The van der Waals surface area contributed by atoms with Gasteiger partial charge in [0.1, 0.15) is 6.61 Å². The molecule has 0 saturated heterocycles. The maximum atomic E-state index is 4.97. The zero-order chi connectivity index (χ0) is 8.39. The van der Waals surface area contributed by atoms with E-state index in [-0.39, 0.29) is 0 Å². The third-order valence-corrected chi connectivity index (χ3v) is 1.96. The smallest absolute Gasteiger partial charge is 0.171 e. The van der Waals surface area contributed by atoms with Crippen LogP contribution in [0.4, 0.5) is 0 Å². The fourth-order valence-electron chi connectivity index (χ4n) is 1.31. The molecule has 2 nitrogen and oxygen atoms in total. The summed E-state index contributed by atoms with van der Waals surface area (Å²) >= 11 is 0. The van der Waals surface area contributed by atoms with E-state index >= 15 is 0 Å². The molecule has 12 heavy (non-hydrogen) atoms. The Morgan fingerprint density at radius 3 is 3.17 bits per heavy atom. The molecule has 2 rings (SSSR count). The Hall–Kier alpha value is -1.02. The summed E-state index contributed by atoms with van der Waals surface area (Å²) in [5, 5.41) is 0. The summed E-state index contributed by atoms with van der Waals surface area (Å²) < 4.78 is 0. The molecule has 0 fully saturated rings. The SMILES string of the molecule is [CH2]CCc1ccc2c(c1)OOC2. The molecule has 1 radical (unpaired) electrons.